The van der Waals surface area contributed by atoms with Crippen molar-refractivity contribution in [1.29, 1.82) is 0 Å². The molecule has 4 nitrogen and oxygen atoms in total. The van der Waals surface area contributed by atoms with Gasteiger partial charge in [0.05, 0.1) is 6.10 Å². The fraction of sp³-hybridized carbons (Fsp3) is 0.588. The van der Waals surface area contributed by atoms with Crippen LogP contribution in [0, 0.1) is 6.92 Å². The van der Waals surface area contributed by atoms with Crippen molar-refractivity contribution in [3.63, 3.8) is 0 Å². The molecule has 1 fully saturated rings. The maximum absolute atomic E-state index is 11.5. The standard InChI is InChI=1S/C17H26N2O2/c1-4-17(20)19-14-9-8-12(2)16(11-14)18-13-6-5-7-15(10-13)21-3/h8-9,11,13,15,18H,4-7,10H2,1-3H3,(H,19,20). The highest BCUT2D eigenvalue weighted by molar-refractivity contribution is 5.91. The molecule has 0 bridgehead atoms. The number of aryl methyl sites for hydroxylation is 1. The summed E-state index contributed by atoms with van der Waals surface area (Å²) >= 11 is 0. The summed E-state index contributed by atoms with van der Waals surface area (Å²) in [4.78, 5) is 11.5. The first-order valence-corrected chi connectivity index (χ1v) is 7.82. The number of ether oxygens (including phenoxy) is 1. The largest absolute Gasteiger partial charge is 0.382 e. The topological polar surface area (TPSA) is 50.4 Å². The molecule has 116 valence electrons. The van der Waals surface area contributed by atoms with Gasteiger partial charge in [0.2, 0.25) is 5.91 Å². The fourth-order valence-corrected chi connectivity index (χ4v) is 2.81. The molecule has 2 unspecified atom stereocenters. The summed E-state index contributed by atoms with van der Waals surface area (Å²) in [7, 11) is 1.79. The highest BCUT2D eigenvalue weighted by Crippen LogP contribution is 2.27. The molecule has 2 atom stereocenters. The monoisotopic (exact) mass is 290 g/mol. The van der Waals surface area contributed by atoms with Crippen LogP contribution in [0.15, 0.2) is 18.2 Å². The Labute approximate surface area is 127 Å². The lowest BCUT2D eigenvalue weighted by Crippen LogP contribution is -2.31. The van der Waals surface area contributed by atoms with Gasteiger partial charge >= 0.3 is 0 Å². The van der Waals surface area contributed by atoms with Crippen molar-refractivity contribution in [3.8, 4) is 0 Å². The van der Waals surface area contributed by atoms with E-state index < -0.39 is 0 Å². The molecule has 0 saturated heterocycles. The van der Waals surface area contributed by atoms with Gasteiger partial charge in [-0.25, -0.2) is 0 Å². The van der Waals surface area contributed by atoms with Crippen LogP contribution in [-0.4, -0.2) is 25.2 Å². The van der Waals surface area contributed by atoms with Gasteiger partial charge in [0.1, 0.15) is 0 Å². The molecule has 2 N–H and O–H groups in total. The maximum Gasteiger partial charge on any atom is 0.224 e. The minimum atomic E-state index is 0.0434. The summed E-state index contributed by atoms with van der Waals surface area (Å²) in [6.07, 6.45) is 5.42. The molecule has 0 aliphatic heterocycles. The van der Waals surface area contributed by atoms with Crippen LogP contribution in [0.5, 0.6) is 0 Å². The van der Waals surface area contributed by atoms with E-state index in [2.05, 4.69) is 17.6 Å². The molecular formula is C17H26N2O2. The van der Waals surface area contributed by atoms with Gasteiger partial charge in [-0.1, -0.05) is 13.0 Å². The molecule has 1 aliphatic rings. The van der Waals surface area contributed by atoms with Crippen LogP contribution in [-0.2, 0) is 9.53 Å². The SMILES string of the molecule is CCC(=O)Nc1ccc(C)c(NC2CCCC(OC)C2)c1. The van der Waals surface area contributed by atoms with Gasteiger partial charge < -0.3 is 15.4 Å². The molecule has 4 heteroatoms. The van der Waals surface area contributed by atoms with E-state index in [1.165, 1.54) is 18.4 Å². The third-order valence-corrected chi connectivity index (χ3v) is 4.16. The van der Waals surface area contributed by atoms with E-state index in [1.54, 1.807) is 7.11 Å². The second-order valence-corrected chi connectivity index (χ2v) is 5.80. The van der Waals surface area contributed by atoms with Crippen molar-refractivity contribution in [2.24, 2.45) is 0 Å². The zero-order chi connectivity index (χ0) is 15.2. The summed E-state index contributed by atoms with van der Waals surface area (Å²) in [5.74, 6) is 0.0434. The zero-order valence-electron chi connectivity index (χ0n) is 13.2. The molecule has 1 amide bonds. The third-order valence-electron chi connectivity index (χ3n) is 4.16. The van der Waals surface area contributed by atoms with Gasteiger partial charge in [0.25, 0.3) is 0 Å². The highest BCUT2D eigenvalue weighted by Gasteiger charge is 2.21. The number of carbonyl (C=O) groups excluding carboxylic acids is 1. The van der Waals surface area contributed by atoms with Crippen LogP contribution in [0.3, 0.4) is 0 Å². The minimum absolute atomic E-state index is 0.0434. The number of hydrogen-bond acceptors (Lipinski definition) is 3. The number of nitrogens with one attached hydrogen (secondary N) is 2. The van der Waals surface area contributed by atoms with Gasteiger partial charge in [0.15, 0.2) is 0 Å². The van der Waals surface area contributed by atoms with Gasteiger partial charge in [-0.05, 0) is 50.3 Å². The first kappa shape index (κ1) is 15.8. The average Bonchev–Trinajstić information content (AvgIpc) is 2.50. The smallest absolute Gasteiger partial charge is 0.224 e. The Kier molecular flexibility index (Phi) is 5.62. The lowest BCUT2D eigenvalue weighted by molar-refractivity contribution is -0.115. The number of carbonyl (C=O) groups is 1. The van der Waals surface area contributed by atoms with E-state index in [4.69, 9.17) is 4.74 Å². The van der Waals surface area contributed by atoms with Gasteiger partial charge in [0, 0.05) is 30.9 Å². The second-order valence-electron chi connectivity index (χ2n) is 5.80. The molecular weight excluding hydrogens is 264 g/mol. The first-order chi connectivity index (χ1) is 10.1. The Morgan fingerprint density at radius 1 is 1.38 bits per heavy atom. The lowest BCUT2D eigenvalue weighted by Gasteiger charge is -2.30. The number of hydrogen-bond donors (Lipinski definition) is 2. The van der Waals surface area contributed by atoms with Crippen molar-refractivity contribution in [2.45, 2.75) is 58.1 Å². The van der Waals surface area contributed by atoms with Gasteiger partial charge in [-0.15, -0.1) is 0 Å². The predicted molar refractivity (Wildman–Crippen MR) is 86.8 cm³/mol. The molecule has 2 rings (SSSR count). The summed E-state index contributed by atoms with van der Waals surface area (Å²) in [6, 6.07) is 6.47. The fourth-order valence-electron chi connectivity index (χ4n) is 2.81. The van der Waals surface area contributed by atoms with Crippen molar-refractivity contribution >= 4 is 17.3 Å². The molecule has 1 aliphatic carbocycles. The van der Waals surface area contributed by atoms with E-state index in [0.29, 0.717) is 18.6 Å². The van der Waals surface area contributed by atoms with E-state index >= 15 is 0 Å². The Bertz CT molecular complexity index is 488. The van der Waals surface area contributed by atoms with Crippen LogP contribution in [0.25, 0.3) is 0 Å². The number of rotatable bonds is 5. The van der Waals surface area contributed by atoms with Crippen molar-refractivity contribution in [1.82, 2.24) is 0 Å². The number of anilines is 2. The van der Waals surface area contributed by atoms with Crippen molar-refractivity contribution < 1.29 is 9.53 Å². The number of amides is 1. The van der Waals surface area contributed by atoms with Crippen LogP contribution in [0.4, 0.5) is 11.4 Å². The quantitative estimate of drug-likeness (QED) is 0.869. The number of benzene rings is 1. The van der Waals surface area contributed by atoms with Crippen LogP contribution < -0.4 is 10.6 Å². The van der Waals surface area contributed by atoms with Crippen molar-refractivity contribution in [3.05, 3.63) is 23.8 Å². The maximum atomic E-state index is 11.5. The minimum Gasteiger partial charge on any atom is -0.382 e. The van der Waals surface area contributed by atoms with Gasteiger partial charge in [-0.2, -0.15) is 0 Å². The van der Waals surface area contributed by atoms with E-state index in [0.717, 1.165) is 24.2 Å². The predicted octanol–water partition coefficient (Wildman–Crippen LogP) is 3.71. The van der Waals surface area contributed by atoms with Gasteiger partial charge in [-0.3, -0.25) is 4.79 Å². The van der Waals surface area contributed by atoms with E-state index in [-0.39, 0.29) is 5.91 Å². The highest BCUT2D eigenvalue weighted by atomic mass is 16.5. The number of methoxy groups -OCH3 is 1. The first-order valence-electron chi connectivity index (χ1n) is 7.82. The zero-order valence-corrected chi connectivity index (χ0v) is 13.2. The lowest BCUT2D eigenvalue weighted by atomic mass is 9.92. The molecule has 1 saturated carbocycles. The second kappa shape index (κ2) is 7.46. The van der Waals surface area contributed by atoms with E-state index in [9.17, 15) is 4.79 Å². The normalized spacial score (nSPS) is 21.9. The molecule has 1 aromatic carbocycles. The molecule has 21 heavy (non-hydrogen) atoms. The van der Waals surface area contributed by atoms with Crippen LogP contribution >= 0.6 is 0 Å². The molecule has 0 aromatic heterocycles. The van der Waals surface area contributed by atoms with E-state index in [1.807, 2.05) is 25.1 Å². The molecule has 0 heterocycles. The Balaban J connectivity index is 2.04. The molecule has 0 radical (unpaired) electrons. The Morgan fingerprint density at radius 2 is 2.19 bits per heavy atom. The summed E-state index contributed by atoms with van der Waals surface area (Å²) in [5, 5.41) is 6.53. The van der Waals surface area contributed by atoms with Crippen LogP contribution in [0.1, 0.15) is 44.6 Å². The summed E-state index contributed by atoms with van der Waals surface area (Å²) in [5.41, 5.74) is 3.16. The van der Waals surface area contributed by atoms with Crippen molar-refractivity contribution in [2.75, 3.05) is 17.7 Å². The summed E-state index contributed by atoms with van der Waals surface area (Å²) < 4.78 is 5.48. The van der Waals surface area contributed by atoms with Crippen LogP contribution in [0.2, 0.25) is 0 Å². The third kappa shape index (κ3) is 4.46. The Morgan fingerprint density at radius 3 is 2.90 bits per heavy atom. The molecule has 1 aromatic rings. The molecule has 0 spiro atoms. The summed E-state index contributed by atoms with van der Waals surface area (Å²) in [6.45, 7) is 3.94. The Hall–Kier alpha value is -1.55. The average molecular weight is 290 g/mol.